The predicted octanol–water partition coefficient (Wildman–Crippen LogP) is 4.04. The third-order valence-corrected chi connectivity index (χ3v) is 4.11. The number of halogens is 1. The molecule has 1 aromatic carbocycles. The third-order valence-electron chi connectivity index (χ3n) is 2.81. The number of benzene rings is 1. The van der Waals surface area contributed by atoms with Gasteiger partial charge in [-0.05, 0) is 30.7 Å². The first kappa shape index (κ1) is 15.0. The van der Waals surface area contributed by atoms with Gasteiger partial charge in [-0.1, -0.05) is 29.8 Å². The summed E-state index contributed by atoms with van der Waals surface area (Å²) < 4.78 is 5.21. The van der Waals surface area contributed by atoms with Crippen molar-refractivity contribution in [2.24, 2.45) is 0 Å². The van der Waals surface area contributed by atoms with E-state index in [0.717, 1.165) is 11.3 Å². The first-order valence-corrected chi connectivity index (χ1v) is 7.84. The van der Waals surface area contributed by atoms with E-state index in [1.54, 1.807) is 6.26 Å². The summed E-state index contributed by atoms with van der Waals surface area (Å²) in [5, 5.41) is 3.61. The molecule has 0 aliphatic rings. The zero-order chi connectivity index (χ0) is 14.4. The monoisotopic (exact) mass is 309 g/mol. The van der Waals surface area contributed by atoms with Gasteiger partial charge in [-0.2, -0.15) is 0 Å². The van der Waals surface area contributed by atoms with Gasteiger partial charge in [-0.3, -0.25) is 4.79 Å². The molecule has 3 nitrogen and oxygen atoms in total. The van der Waals surface area contributed by atoms with Crippen molar-refractivity contribution < 1.29 is 9.21 Å². The van der Waals surface area contributed by atoms with Crippen molar-refractivity contribution in [1.82, 2.24) is 5.32 Å². The van der Waals surface area contributed by atoms with Crippen LogP contribution >= 0.6 is 23.4 Å². The molecule has 1 atom stereocenters. The molecule has 0 bridgehead atoms. The molecule has 20 heavy (non-hydrogen) atoms. The molecule has 0 aliphatic carbocycles. The van der Waals surface area contributed by atoms with Gasteiger partial charge in [0.25, 0.3) is 0 Å². The van der Waals surface area contributed by atoms with E-state index in [9.17, 15) is 4.79 Å². The van der Waals surface area contributed by atoms with Crippen molar-refractivity contribution in [3.05, 3.63) is 59.0 Å². The van der Waals surface area contributed by atoms with Crippen LogP contribution in [0.2, 0.25) is 5.02 Å². The minimum Gasteiger partial charge on any atom is -0.468 e. The van der Waals surface area contributed by atoms with Gasteiger partial charge in [0.1, 0.15) is 5.76 Å². The van der Waals surface area contributed by atoms with E-state index in [1.807, 2.05) is 43.3 Å². The smallest absolute Gasteiger partial charge is 0.230 e. The molecule has 0 aliphatic heterocycles. The zero-order valence-electron chi connectivity index (χ0n) is 11.1. The maximum atomic E-state index is 11.9. The largest absolute Gasteiger partial charge is 0.468 e. The van der Waals surface area contributed by atoms with E-state index in [-0.39, 0.29) is 11.9 Å². The van der Waals surface area contributed by atoms with Gasteiger partial charge >= 0.3 is 0 Å². The van der Waals surface area contributed by atoms with Gasteiger partial charge in [0.2, 0.25) is 5.91 Å². The van der Waals surface area contributed by atoms with Crippen LogP contribution in [0.5, 0.6) is 0 Å². The lowest BCUT2D eigenvalue weighted by atomic mass is 10.1. The Labute approximate surface area is 127 Å². The normalized spacial score (nSPS) is 12.1. The van der Waals surface area contributed by atoms with E-state index in [0.29, 0.717) is 16.5 Å². The number of carbonyl (C=O) groups is 1. The summed E-state index contributed by atoms with van der Waals surface area (Å²) in [4.78, 5) is 11.9. The van der Waals surface area contributed by atoms with Gasteiger partial charge in [-0.25, -0.2) is 0 Å². The summed E-state index contributed by atoms with van der Waals surface area (Å²) in [7, 11) is 0. The average Bonchev–Trinajstić information content (AvgIpc) is 2.92. The molecule has 5 heteroatoms. The molecular formula is C15H16ClNO2S. The number of amides is 1. The van der Waals surface area contributed by atoms with Crippen LogP contribution in [0, 0.1) is 0 Å². The molecule has 0 saturated carbocycles. The fourth-order valence-electron chi connectivity index (χ4n) is 1.83. The summed E-state index contributed by atoms with van der Waals surface area (Å²) in [6, 6.07) is 11.2. The third kappa shape index (κ3) is 4.32. The Morgan fingerprint density at radius 2 is 2.15 bits per heavy atom. The van der Waals surface area contributed by atoms with Crippen molar-refractivity contribution in [2.45, 2.75) is 18.7 Å². The van der Waals surface area contributed by atoms with Gasteiger partial charge < -0.3 is 9.73 Å². The minimum absolute atomic E-state index is 0.00558. The Kier molecular flexibility index (Phi) is 5.56. The van der Waals surface area contributed by atoms with Crippen LogP contribution in [0.3, 0.4) is 0 Å². The second-order valence-electron chi connectivity index (χ2n) is 4.38. The second kappa shape index (κ2) is 7.41. The Morgan fingerprint density at radius 3 is 2.85 bits per heavy atom. The number of hydrogen-bond donors (Lipinski definition) is 1. The lowest BCUT2D eigenvalue weighted by Gasteiger charge is -2.15. The highest BCUT2D eigenvalue weighted by atomic mass is 35.5. The topological polar surface area (TPSA) is 42.2 Å². The maximum absolute atomic E-state index is 11.9. The van der Waals surface area contributed by atoms with Gasteiger partial charge in [0.05, 0.1) is 23.8 Å². The highest BCUT2D eigenvalue weighted by Gasteiger charge is 2.12. The Bertz CT molecular complexity index is 557. The van der Waals surface area contributed by atoms with Crippen LogP contribution in [0.25, 0.3) is 0 Å². The van der Waals surface area contributed by atoms with Crippen molar-refractivity contribution in [3.63, 3.8) is 0 Å². The second-order valence-corrected chi connectivity index (χ2v) is 5.78. The average molecular weight is 310 g/mol. The first-order valence-electron chi connectivity index (χ1n) is 6.30. The van der Waals surface area contributed by atoms with Crippen LogP contribution in [-0.2, 0) is 10.5 Å². The Morgan fingerprint density at radius 1 is 1.35 bits per heavy atom. The minimum atomic E-state index is -0.0968. The molecule has 106 valence electrons. The molecule has 0 saturated heterocycles. The summed E-state index contributed by atoms with van der Waals surface area (Å²) in [6.07, 6.45) is 1.63. The highest BCUT2D eigenvalue weighted by molar-refractivity contribution is 7.99. The van der Waals surface area contributed by atoms with Crippen molar-refractivity contribution >= 4 is 29.3 Å². The number of furan rings is 1. The van der Waals surface area contributed by atoms with Gasteiger partial charge in [0.15, 0.2) is 0 Å². The van der Waals surface area contributed by atoms with E-state index in [4.69, 9.17) is 16.0 Å². The molecule has 0 fully saturated rings. The van der Waals surface area contributed by atoms with Gasteiger partial charge in [-0.15, -0.1) is 11.8 Å². The van der Waals surface area contributed by atoms with E-state index in [2.05, 4.69) is 5.32 Å². The molecule has 0 radical (unpaired) electrons. The van der Waals surface area contributed by atoms with Crippen LogP contribution < -0.4 is 5.32 Å². The van der Waals surface area contributed by atoms with Gasteiger partial charge in [0, 0.05) is 5.02 Å². The van der Waals surface area contributed by atoms with Crippen LogP contribution in [-0.4, -0.2) is 11.7 Å². The van der Waals surface area contributed by atoms with Crippen molar-refractivity contribution in [2.75, 3.05) is 5.75 Å². The molecular weight excluding hydrogens is 294 g/mol. The molecule has 2 aromatic rings. The molecule has 1 aromatic heterocycles. The van der Waals surface area contributed by atoms with Crippen LogP contribution in [0.1, 0.15) is 24.3 Å². The van der Waals surface area contributed by atoms with Crippen molar-refractivity contribution in [1.29, 1.82) is 0 Å². The quantitative estimate of drug-likeness (QED) is 0.875. The Hall–Kier alpha value is -1.39. The molecule has 0 spiro atoms. The van der Waals surface area contributed by atoms with E-state index in [1.165, 1.54) is 11.8 Å². The lowest BCUT2D eigenvalue weighted by Crippen LogP contribution is -2.28. The predicted molar refractivity (Wildman–Crippen MR) is 82.9 cm³/mol. The highest BCUT2D eigenvalue weighted by Crippen LogP contribution is 2.22. The molecule has 1 N–H and O–H groups in total. The zero-order valence-corrected chi connectivity index (χ0v) is 12.7. The summed E-state index contributed by atoms with van der Waals surface area (Å²) in [5.41, 5.74) is 0.929. The van der Waals surface area contributed by atoms with E-state index < -0.39 is 0 Å². The fourth-order valence-corrected chi connectivity index (χ4v) is 2.86. The molecule has 2 rings (SSSR count). The van der Waals surface area contributed by atoms with E-state index >= 15 is 0 Å². The number of hydrogen-bond acceptors (Lipinski definition) is 3. The number of thioether (sulfide) groups is 1. The standard InChI is InChI=1S/C15H16ClNO2S/c1-11(13-6-2-3-7-14(13)16)17-15(18)10-20-9-12-5-4-8-19-12/h2-8,11H,9-10H2,1H3,(H,17,18). The summed E-state index contributed by atoms with van der Waals surface area (Å²) in [6.45, 7) is 1.93. The van der Waals surface area contributed by atoms with Crippen LogP contribution in [0.15, 0.2) is 47.1 Å². The number of rotatable bonds is 6. The number of carbonyl (C=O) groups excluding carboxylic acids is 1. The first-order chi connectivity index (χ1) is 9.66. The molecule has 1 heterocycles. The Balaban J connectivity index is 1.78. The summed E-state index contributed by atoms with van der Waals surface area (Å²) >= 11 is 7.63. The summed E-state index contributed by atoms with van der Waals surface area (Å²) in [5.74, 6) is 1.96. The SMILES string of the molecule is CC(NC(=O)CSCc1ccco1)c1ccccc1Cl. The maximum Gasteiger partial charge on any atom is 0.230 e. The molecule has 1 unspecified atom stereocenters. The lowest BCUT2D eigenvalue weighted by molar-refractivity contribution is -0.119. The number of nitrogens with one attached hydrogen (secondary N) is 1. The van der Waals surface area contributed by atoms with Crippen molar-refractivity contribution in [3.8, 4) is 0 Å². The fraction of sp³-hybridized carbons (Fsp3) is 0.267. The molecule has 1 amide bonds. The van der Waals surface area contributed by atoms with Crippen LogP contribution in [0.4, 0.5) is 0 Å².